The first kappa shape index (κ1) is 35.1. The number of nitrogens with zero attached hydrogens (tertiary/aromatic N) is 5. The van der Waals surface area contributed by atoms with Gasteiger partial charge in [0.1, 0.15) is 17.6 Å². The molecule has 4 rings (SSSR count). The van der Waals surface area contributed by atoms with Crippen LogP contribution in [0, 0.1) is 11.3 Å². The second kappa shape index (κ2) is 14.4. The molecule has 0 spiro atoms. The normalized spacial score (nSPS) is 14.3. The number of hydrogen-bond donors (Lipinski definition) is 4. The van der Waals surface area contributed by atoms with Crippen LogP contribution in [0.1, 0.15) is 30.0 Å². The molecular weight excluding hydrogens is 639 g/mol. The Hall–Kier alpha value is -4.08. The van der Waals surface area contributed by atoms with Gasteiger partial charge in [0.05, 0.1) is 42.1 Å². The van der Waals surface area contributed by atoms with Gasteiger partial charge in [-0.2, -0.15) is 31.6 Å². The van der Waals surface area contributed by atoms with Gasteiger partial charge in [0, 0.05) is 30.1 Å². The van der Waals surface area contributed by atoms with Crippen molar-refractivity contribution in [2.45, 2.75) is 31.2 Å². The summed E-state index contributed by atoms with van der Waals surface area (Å²) in [5, 5.41) is 27.5. The maximum absolute atomic E-state index is 10.6. The Morgan fingerprint density at radius 1 is 1.16 bits per heavy atom. The van der Waals surface area contributed by atoms with E-state index in [9.17, 15) is 26.3 Å². The van der Waals surface area contributed by atoms with Crippen molar-refractivity contribution in [1.29, 1.82) is 5.26 Å². The number of aromatic nitrogens is 4. The minimum Gasteiger partial charge on any atom is -0.496 e. The molecule has 0 saturated carbocycles. The van der Waals surface area contributed by atoms with Crippen LogP contribution in [-0.4, -0.2) is 86.1 Å². The molecule has 1 aliphatic rings. The molecule has 234 valence electrons. The Bertz CT molecular complexity index is 1470. The zero-order chi connectivity index (χ0) is 32.7. The van der Waals surface area contributed by atoms with E-state index in [1.807, 2.05) is 13.0 Å². The van der Waals surface area contributed by atoms with Crippen molar-refractivity contribution in [2.24, 2.45) is 0 Å². The number of fused-ring (bicyclic) bond motifs is 1. The smallest absolute Gasteiger partial charge is 0.490 e. The summed E-state index contributed by atoms with van der Waals surface area (Å²) >= 11 is 13.0. The van der Waals surface area contributed by atoms with Crippen molar-refractivity contribution in [2.75, 3.05) is 32.1 Å². The van der Waals surface area contributed by atoms with Crippen LogP contribution in [-0.2, 0) is 9.59 Å². The van der Waals surface area contributed by atoms with Crippen LogP contribution in [0.15, 0.2) is 18.7 Å². The minimum absolute atomic E-state index is 0.161. The number of H-pyrrole nitrogens is 1. The molecule has 20 heteroatoms. The second-order valence-electron chi connectivity index (χ2n) is 8.55. The predicted octanol–water partition coefficient (Wildman–Crippen LogP) is 5.03. The molecular formula is C23H21Cl2F6N7O5. The van der Waals surface area contributed by atoms with E-state index in [0.29, 0.717) is 33.8 Å². The number of benzene rings is 1. The van der Waals surface area contributed by atoms with Crippen molar-refractivity contribution in [3.8, 4) is 11.8 Å². The van der Waals surface area contributed by atoms with Crippen molar-refractivity contribution < 1.29 is 50.9 Å². The zero-order valence-corrected chi connectivity index (χ0v) is 23.4. The third-order valence-electron chi connectivity index (χ3n) is 5.63. The van der Waals surface area contributed by atoms with Crippen LogP contribution in [0.5, 0.6) is 5.75 Å². The van der Waals surface area contributed by atoms with E-state index in [1.54, 1.807) is 13.4 Å². The lowest BCUT2D eigenvalue weighted by Gasteiger charge is -2.39. The zero-order valence-electron chi connectivity index (χ0n) is 21.9. The molecule has 1 saturated heterocycles. The van der Waals surface area contributed by atoms with E-state index in [4.69, 9.17) is 53.0 Å². The topological polar surface area (TPSA) is 177 Å². The van der Waals surface area contributed by atoms with Gasteiger partial charge in [-0.05, 0) is 13.0 Å². The summed E-state index contributed by atoms with van der Waals surface area (Å²) in [4.78, 5) is 35.5. The first-order valence-corrected chi connectivity index (χ1v) is 12.3. The average Bonchev–Trinajstić information content (AvgIpc) is 3.37. The number of carboxylic acids is 2. The number of carboxylic acid groups (broad SMARTS) is 2. The fraction of sp³-hybridized carbons (Fsp3) is 0.391. The number of methoxy groups -OCH3 is 1. The van der Waals surface area contributed by atoms with Crippen molar-refractivity contribution in [1.82, 2.24) is 24.8 Å². The van der Waals surface area contributed by atoms with Crippen LogP contribution in [0.4, 0.5) is 32.2 Å². The Labute approximate surface area is 248 Å². The lowest BCUT2D eigenvalue weighted by atomic mass is 9.88. The number of alkyl halides is 6. The molecule has 2 aromatic heterocycles. The molecule has 3 aromatic rings. The summed E-state index contributed by atoms with van der Waals surface area (Å²) in [5.41, 5.74) is 3.07. The molecule has 0 radical (unpaired) electrons. The molecule has 4 N–H and O–H groups in total. The number of nitrogens with one attached hydrogen (secondary N) is 2. The average molecular weight is 660 g/mol. The predicted molar refractivity (Wildman–Crippen MR) is 139 cm³/mol. The van der Waals surface area contributed by atoms with Gasteiger partial charge in [0.25, 0.3) is 0 Å². The van der Waals surface area contributed by atoms with Crippen LogP contribution >= 0.6 is 23.2 Å². The van der Waals surface area contributed by atoms with Gasteiger partial charge in [-0.3, -0.25) is 4.90 Å². The first-order valence-electron chi connectivity index (χ1n) is 11.6. The largest absolute Gasteiger partial charge is 0.496 e. The van der Waals surface area contributed by atoms with E-state index >= 15 is 0 Å². The highest BCUT2D eigenvalue weighted by atomic mass is 35.5. The summed E-state index contributed by atoms with van der Waals surface area (Å²) in [5.74, 6) is -4.01. The highest BCUT2D eigenvalue weighted by Crippen LogP contribution is 2.46. The highest BCUT2D eigenvalue weighted by molar-refractivity contribution is 6.42. The standard InChI is InChI=1S/C19H19Cl2N7O.2C2HF3O2/c1-10(27-19-16-18(24-8-23-16)25-9-26-19)12-5-13(20)15(21)14(17(12)29-2)11-6-28(7-11)4-3-22;2*3-2(4,5)1(6)7/h5,8-11H,4,6-7H2,1-2H3,(H2,23,24,25,26,27);2*(H,6,7). The summed E-state index contributed by atoms with van der Waals surface area (Å²) in [6, 6.07) is 3.82. The molecule has 1 aliphatic heterocycles. The van der Waals surface area contributed by atoms with Gasteiger partial charge in [-0.1, -0.05) is 23.2 Å². The number of aromatic amines is 1. The third kappa shape index (κ3) is 9.20. The molecule has 0 aliphatic carbocycles. The maximum atomic E-state index is 10.6. The Balaban J connectivity index is 0.000000384. The number of rotatable bonds is 6. The molecule has 1 atom stereocenters. The van der Waals surface area contributed by atoms with E-state index < -0.39 is 24.3 Å². The Morgan fingerprint density at radius 3 is 2.21 bits per heavy atom. The number of hydrogen-bond acceptors (Lipinski definition) is 9. The summed E-state index contributed by atoms with van der Waals surface area (Å²) in [6.07, 6.45) is -7.12. The summed E-state index contributed by atoms with van der Waals surface area (Å²) in [6.45, 7) is 3.88. The molecule has 1 aromatic carbocycles. The van der Waals surface area contributed by atoms with Gasteiger partial charge < -0.3 is 25.3 Å². The van der Waals surface area contributed by atoms with E-state index in [1.165, 1.54) is 6.33 Å². The van der Waals surface area contributed by atoms with Crippen LogP contribution in [0.25, 0.3) is 11.2 Å². The Morgan fingerprint density at radius 2 is 1.72 bits per heavy atom. The molecule has 3 heterocycles. The van der Waals surface area contributed by atoms with Gasteiger partial charge in [-0.15, -0.1) is 0 Å². The number of imidazole rings is 1. The molecule has 12 nitrogen and oxygen atoms in total. The first-order chi connectivity index (χ1) is 19.9. The number of ether oxygens (including phenoxy) is 1. The lowest BCUT2D eigenvalue weighted by Crippen LogP contribution is -2.45. The van der Waals surface area contributed by atoms with Gasteiger partial charge >= 0.3 is 24.3 Å². The quantitative estimate of drug-likeness (QED) is 0.206. The van der Waals surface area contributed by atoms with E-state index in [2.05, 4.69) is 36.2 Å². The summed E-state index contributed by atoms with van der Waals surface area (Å²) < 4.78 is 69.2. The van der Waals surface area contributed by atoms with Crippen molar-refractivity contribution in [3.63, 3.8) is 0 Å². The molecule has 1 unspecified atom stereocenters. The van der Waals surface area contributed by atoms with Crippen molar-refractivity contribution >= 4 is 52.1 Å². The van der Waals surface area contributed by atoms with E-state index in [-0.39, 0.29) is 12.0 Å². The van der Waals surface area contributed by atoms with Gasteiger partial charge in [0.2, 0.25) is 0 Å². The highest BCUT2D eigenvalue weighted by Gasteiger charge is 2.39. The monoisotopic (exact) mass is 659 g/mol. The fourth-order valence-electron chi connectivity index (χ4n) is 3.70. The number of likely N-dealkylation sites (tertiary alicyclic amines) is 1. The number of halogens is 8. The molecule has 1 fully saturated rings. The Kier molecular flexibility index (Phi) is 11.8. The number of nitriles is 1. The molecule has 0 amide bonds. The van der Waals surface area contributed by atoms with Crippen molar-refractivity contribution in [3.05, 3.63) is 39.9 Å². The summed E-state index contributed by atoms with van der Waals surface area (Å²) in [7, 11) is 1.63. The molecule has 43 heavy (non-hydrogen) atoms. The minimum atomic E-state index is -5.08. The number of aliphatic carboxylic acids is 2. The SMILES string of the molecule is COc1c(C(C)Nc2ncnc3nc[nH]c23)cc(Cl)c(Cl)c1C1CN(CC#N)C1.O=C(O)C(F)(F)F.O=C(O)C(F)(F)F. The van der Waals surface area contributed by atoms with Crippen LogP contribution in [0.3, 0.4) is 0 Å². The van der Waals surface area contributed by atoms with Crippen LogP contribution in [0.2, 0.25) is 10.0 Å². The third-order valence-corrected chi connectivity index (χ3v) is 6.43. The molecule has 0 bridgehead atoms. The number of carbonyl (C=O) groups is 2. The van der Waals surface area contributed by atoms with Gasteiger partial charge in [0.15, 0.2) is 11.5 Å². The maximum Gasteiger partial charge on any atom is 0.490 e. The fourth-order valence-corrected chi connectivity index (χ4v) is 4.22. The lowest BCUT2D eigenvalue weighted by molar-refractivity contribution is -0.193. The van der Waals surface area contributed by atoms with E-state index in [0.717, 1.165) is 29.7 Å². The van der Waals surface area contributed by atoms with Crippen LogP contribution < -0.4 is 10.1 Å². The van der Waals surface area contributed by atoms with Gasteiger partial charge in [-0.25, -0.2) is 24.5 Å². The second-order valence-corrected chi connectivity index (χ2v) is 9.34. The number of anilines is 1.